The Balaban J connectivity index is 1.80. The van der Waals surface area contributed by atoms with E-state index in [4.69, 9.17) is 11.6 Å². The number of carbonyl (C=O) groups excluding carboxylic acids is 1. The van der Waals surface area contributed by atoms with Crippen LogP contribution in [0.3, 0.4) is 0 Å². The van der Waals surface area contributed by atoms with Gasteiger partial charge in [-0.25, -0.2) is 0 Å². The molecule has 2 atom stereocenters. The van der Waals surface area contributed by atoms with Crippen LogP contribution < -0.4 is 10.6 Å². The predicted molar refractivity (Wildman–Crippen MR) is 85.4 cm³/mol. The molecule has 3 nitrogen and oxygen atoms in total. The summed E-state index contributed by atoms with van der Waals surface area (Å²) >= 11 is 7.50. The van der Waals surface area contributed by atoms with Gasteiger partial charge in [-0.15, -0.1) is 11.3 Å². The van der Waals surface area contributed by atoms with Gasteiger partial charge in [0.1, 0.15) is 0 Å². The zero-order valence-corrected chi connectivity index (χ0v) is 13.7. The van der Waals surface area contributed by atoms with Crippen LogP contribution in [0.1, 0.15) is 56.9 Å². The summed E-state index contributed by atoms with van der Waals surface area (Å²) in [7, 11) is 0. The molecular weight excluding hydrogens is 292 g/mol. The maximum Gasteiger partial charge on any atom is 0.237 e. The second-order valence-corrected chi connectivity index (χ2v) is 7.34. The van der Waals surface area contributed by atoms with Crippen LogP contribution >= 0.6 is 22.9 Å². The van der Waals surface area contributed by atoms with Gasteiger partial charge >= 0.3 is 0 Å². The van der Waals surface area contributed by atoms with Gasteiger partial charge in [-0.3, -0.25) is 10.1 Å². The molecule has 20 heavy (non-hydrogen) atoms. The Bertz CT molecular complexity index is 443. The van der Waals surface area contributed by atoms with Crippen molar-refractivity contribution in [3.05, 3.63) is 21.3 Å². The fourth-order valence-electron chi connectivity index (χ4n) is 2.67. The Morgan fingerprint density at radius 1 is 1.30 bits per heavy atom. The molecule has 1 aliphatic carbocycles. The number of hydrogen-bond donors (Lipinski definition) is 2. The summed E-state index contributed by atoms with van der Waals surface area (Å²) in [6.07, 6.45) is 6.01. The van der Waals surface area contributed by atoms with Crippen LogP contribution in [-0.2, 0) is 4.79 Å². The van der Waals surface area contributed by atoms with Gasteiger partial charge in [-0.1, -0.05) is 30.9 Å². The first-order valence-corrected chi connectivity index (χ1v) is 8.57. The van der Waals surface area contributed by atoms with Crippen LogP contribution in [0.15, 0.2) is 12.1 Å². The summed E-state index contributed by atoms with van der Waals surface area (Å²) in [4.78, 5) is 13.3. The van der Waals surface area contributed by atoms with Gasteiger partial charge in [0.05, 0.1) is 10.4 Å². The largest absolute Gasteiger partial charge is 0.352 e. The first kappa shape index (κ1) is 15.8. The number of rotatable bonds is 5. The van der Waals surface area contributed by atoms with E-state index in [9.17, 15) is 4.79 Å². The number of carbonyl (C=O) groups is 1. The summed E-state index contributed by atoms with van der Waals surface area (Å²) in [5.41, 5.74) is 0. The number of amides is 1. The smallest absolute Gasteiger partial charge is 0.237 e. The van der Waals surface area contributed by atoms with Gasteiger partial charge in [0, 0.05) is 17.0 Å². The Kier molecular flexibility index (Phi) is 5.87. The van der Waals surface area contributed by atoms with E-state index in [0.717, 1.165) is 22.1 Å². The third-order valence-corrected chi connectivity index (χ3v) is 5.28. The van der Waals surface area contributed by atoms with Crippen LogP contribution in [0, 0.1) is 0 Å². The van der Waals surface area contributed by atoms with Gasteiger partial charge < -0.3 is 5.32 Å². The molecule has 0 bridgehead atoms. The van der Waals surface area contributed by atoms with E-state index in [1.165, 1.54) is 19.3 Å². The second kappa shape index (κ2) is 7.43. The lowest BCUT2D eigenvalue weighted by Gasteiger charge is -2.25. The molecule has 112 valence electrons. The lowest BCUT2D eigenvalue weighted by Crippen LogP contribution is -2.47. The van der Waals surface area contributed by atoms with E-state index in [-0.39, 0.29) is 18.0 Å². The van der Waals surface area contributed by atoms with Crippen molar-refractivity contribution >= 4 is 28.8 Å². The first-order valence-electron chi connectivity index (χ1n) is 7.38. The average molecular weight is 315 g/mol. The van der Waals surface area contributed by atoms with Gasteiger partial charge in [0.25, 0.3) is 0 Å². The molecule has 5 heteroatoms. The molecule has 1 aromatic heterocycles. The minimum absolute atomic E-state index is 0.103. The Morgan fingerprint density at radius 2 is 2.00 bits per heavy atom. The standard InChI is InChI=1S/C15H23ClN2OS/c1-10(13-8-9-14(16)20-13)17-11(2)15(19)18-12-6-4-3-5-7-12/h8-12,17H,3-7H2,1-2H3,(H,18,19). The highest BCUT2D eigenvalue weighted by Crippen LogP contribution is 2.26. The molecule has 0 aromatic carbocycles. The first-order chi connectivity index (χ1) is 9.56. The summed E-state index contributed by atoms with van der Waals surface area (Å²) in [5, 5.41) is 6.50. The highest BCUT2D eigenvalue weighted by atomic mass is 35.5. The lowest BCUT2D eigenvalue weighted by molar-refractivity contribution is -0.123. The topological polar surface area (TPSA) is 41.1 Å². The van der Waals surface area contributed by atoms with Crippen molar-refractivity contribution in [3.63, 3.8) is 0 Å². The summed E-state index contributed by atoms with van der Waals surface area (Å²) in [6, 6.07) is 4.22. The van der Waals surface area contributed by atoms with E-state index < -0.39 is 0 Å². The van der Waals surface area contributed by atoms with E-state index in [1.807, 2.05) is 19.1 Å². The highest BCUT2D eigenvalue weighted by molar-refractivity contribution is 7.16. The van der Waals surface area contributed by atoms with E-state index in [2.05, 4.69) is 17.6 Å². The van der Waals surface area contributed by atoms with Crippen molar-refractivity contribution in [3.8, 4) is 0 Å². The minimum Gasteiger partial charge on any atom is -0.352 e. The van der Waals surface area contributed by atoms with Gasteiger partial charge in [0.2, 0.25) is 5.91 Å². The van der Waals surface area contributed by atoms with Crippen LogP contribution in [0.25, 0.3) is 0 Å². The quantitative estimate of drug-likeness (QED) is 0.865. The molecule has 1 saturated carbocycles. The number of hydrogen-bond acceptors (Lipinski definition) is 3. The van der Waals surface area contributed by atoms with Crippen molar-refractivity contribution in [2.24, 2.45) is 0 Å². The molecule has 2 unspecified atom stereocenters. The van der Waals surface area contributed by atoms with Gasteiger partial charge in [-0.2, -0.15) is 0 Å². The molecule has 0 spiro atoms. The Morgan fingerprint density at radius 3 is 2.60 bits per heavy atom. The predicted octanol–water partition coefficient (Wildman–Crippen LogP) is 3.89. The van der Waals surface area contributed by atoms with Crippen molar-refractivity contribution in [2.45, 2.75) is 64.1 Å². The Labute approximate surface area is 130 Å². The number of nitrogens with one attached hydrogen (secondary N) is 2. The molecule has 2 rings (SSSR count). The van der Waals surface area contributed by atoms with Gasteiger partial charge in [-0.05, 0) is 38.8 Å². The maximum absolute atomic E-state index is 12.2. The molecule has 0 radical (unpaired) electrons. The van der Waals surface area contributed by atoms with E-state index in [0.29, 0.717) is 6.04 Å². The average Bonchev–Trinajstić information content (AvgIpc) is 2.86. The van der Waals surface area contributed by atoms with Crippen molar-refractivity contribution in [1.82, 2.24) is 10.6 Å². The zero-order valence-electron chi connectivity index (χ0n) is 12.1. The summed E-state index contributed by atoms with van der Waals surface area (Å²) < 4.78 is 0.785. The molecule has 1 aromatic rings. The molecular formula is C15H23ClN2OS. The number of halogens is 1. The van der Waals surface area contributed by atoms with Crippen LogP contribution in [0.5, 0.6) is 0 Å². The second-order valence-electron chi connectivity index (χ2n) is 5.60. The Hall–Kier alpha value is -0.580. The highest BCUT2D eigenvalue weighted by Gasteiger charge is 2.21. The molecule has 1 amide bonds. The maximum atomic E-state index is 12.2. The van der Waals surface area contributed by atoms with Crippen LogP contribution in [-0.4, -0.2) is 18.0 Å². The third kappa shape index (κ3) is 4.47. The minimum atomic E-state index is -0.187. The molecule has 0 aliphatic heterocycles. The van der Waals surface area contributed by atoms with Crippen LogP contribution in [0.4, 0.5) is 0 Å². The molecule has 1 aliphatic rings. The van der Waals surface area contributed by atoms with Crippen molar-refractivity contribution < 1.29 is 4.79 Å². The lowest BCUT2D eigenvalue weighted by atomic mass is 9.95. The summed E-state index contributed by atoms with van der Waals surface area (Å²) in [5.74, 6) is 0.103. The molecule has 2 N–H and O–H groups in total. The van der Waals surface area contributed by atoms with E-state index in [1.54, 1.807) is 11.3 Å². The number of thiophene rings is 1. The van der Waals surface area contributed by atoms with Gasteiger partial charge in [0.15, 0.2) is 0 Å². The fourth-order valence-corrected chi connectivity index (χ4v) is 3.74. The third-order valence-electron chi connectivity index (χ3n) is 3.87. The summed E-state index contributed by atoms with van der Waals surface area (Å²) in [6.45, 7) is 3.98. The molecule has 1 heterocycles. The molecule has 0 saturated heterocycles. The van der Waals surface area contributed by atoms with Crippen molar-refractivity contribution in [2.75, 3.05) is 0 Å². The van der Waals surface area contributed by atoms with E-state index >= 15 is 0 Å². The normalized spacial score (nSPS) is 19.6. The SMILES string of the molecule is CC(NC(C)c1ccc(Cl)s1)C(=O)NC1CCCCC1. The molecule has 1 fully saturated rings. The fraction of sp³-hybridized carbons (Fsp3) is 0.667. The monoisotopic (exact) mass is 314 g/mol. The zero-order chi connectivity index (χ0) is 14.5. The van der Waals surface area contributed by atoms with Crippen LogP contribution in [0.2, 0.25) is 4.34 Å². The van der Waals surface area contributed by atoms with Crippen molar-refractivity contribution in [1.29, 1.82) is 0 Å².